The number of carbonyl (C=O) groups excluding carboxylic acids is 1. The number of hydrogen-bond donors (Lipinski definition) is 2. The monoisotopic (exact) mass is 358 g/mol. The van der Waals surface area contributed by atoms with Gasteiger partial charge in [0.05, 0.1) is 6.04 Å². The Hall–Kier alpha value is -1.15. The Balaban J connectivity index is 0.00000242. The topological polar surface area (TPSA) is 80.9 Å². The van der Waals surface area contributed by atoms with Gasteiger partial charge in [-0.1, -0.05) is 36.9 Å². The second kappa shape index (κ2) is 9.09. The van der Waals surface area contributed by atoms with Gasteiger partial charge in [-0.05, 0) is 36.6 Å². The number of amides is 1. The summed E-state index contributed by atoms with van der Waals surface area (Å²) in [5.41, 5.74) is 8.31. The van der Waals surface area contributed by atoms with Crippen LogP contribution in [0.2, 0.25) is 0 Å². The molecule has 0 unspecified atom stereocenters. The first kappa shape index (κ1) is 18.9. The number of aromatic nitrogens is 2. The van der Waals surface area contributed by atoms with E-state index in [1.54, 1.807) is 17.3 Å². The molecular formula is C14H19ClN4OS2. The minimum absolute atomic E-state index is 0. The van der Waals surface area contributed by atoms with E-state index in [0.29, 0.717) is 12.3 Å². The zero-order chi connectivity index (χ0) is 15.2. The zero-order valence-corrected chi connectivity index (χ0v) is 14.8. The third kappa shape index (κ3) is 5.92. The van der Waals surface area contributed by atoms with Crippen molar-refractivity contribution < 1.29 is 4.79 Å². The van der Waals surface area contributed by atoms with E-state index in [9.17, 15) is 4.79 Å². The lowest BCUT2D eigenvalue weighted by Crippen LogP contribution is -2.36. The van der Waals surface area contributed by atoms with Crippen LogP contribution in [0.15, 0.2) is 39.0 Å². The molecule has 0 saturated carbocycles. The lowest BCUT2D eigenvalue weighted by Gasteiger charge is -2.14. The van der Waals surface area contributed by atoms with Gasteiger partial charge in [0.2, 0.25) is 5.91 Å². The van der Waals surface area contributed by atoms with Crippen LogP contribution in [-0.2, 0) is 4.79 Å². The van der Waals surface area contributed by atoms with Crippen LogP contribution in [0, 0.1) is 5.92 Å². The summed E-state index contributed by atoms with van der Waals surface area (Å²) in [6.45, 7) is 4.10. The van der Waals surface area contributed by atoms with Gasteiger partial charge in [-0.15, -0.1) is 22.6 Å². The van der Waals surface area contributed by atoms with E-state index in [-0.39, 0.29) is 18.3 Å². The Morgan fingerprint density at radius 3 is 2.59 bits per heavy atom. The van der Waals surface area contributed by atoms with E-state index in [0.717, 1.165) is 14.9 Å². The lowest BCUT2D eigenvalue weighted by molar-refractivity contribution is -0.117. The number of nitrogens with zero attached hydrogens (tertiary/aromatic N) is 2. The van der Waals surface area contributed by atoms with Crippen molar-refractivity contribution in [2.75, 3.05) is 5.32 Å². The largest absolute Gasteiger partial charge is 0.325 e. The molecule has 0 aliphatic heterocycles. The molecule has 22 heavy (non-hydrogen) atoms. The highest BCUT2D eigenvalue weighted by molar-refractivity contribution is 8.01. The number of rotatable bonds is 6. The molecule has 0 bridgehead atoms. The van der Waals surface area contributed by atoms with Crippen molar-refractivity contribution >= 4 is 47.1 Å². The van der Waals surface area contributed by atoms with Crippen LogP contribution in [0.4, 0.5) is 5.69 Å². The highest BCUT2D eigenvalue weighted by atomic mass is 35.5. The number of carbonyl (C=O) groups is 1. The molecule has 120 valence electrons. The first-order valence-electron chi connectivity index (χ1n) is 6.65. The van der Waals surface area contributed by atoms with E-state index in [2.05, 4.69) is 15.5 Å². The summed E-state index contributed by atoms with van der Waals surface area (Å²) in [5, 5.41) is 10.6. The SMILES string of the molecule is CC(C)C[C@H](N)C(=O)Nc1ccc(Sc2nncs2)cc1.Cl. The standard InChI is InChI=1S/C14H18N4OS2.ClH/c1-9(2)7-12(15)13(19)17-10-3-5-11(6-4-10)21-14-18-16-8-20-14;/h3-6,8-9,12H,7,15H2,1-2H3,(H,17,19);1H/t12-;/m0./s1. The molecule has 1 atom stereocenters. The van der Waals surface area contributed by atoms with Gasteiger partial charge in [-0.3, -0.25) is 4.79 Å². The predicted molar refractivity (Wildman–Crippen MR) is 93.8 cm³/mol. The van der Waals surface area contributed by atoms with Crippen molar-refractivity contribution in [2.24, 2.45) is 11.7 Å². The fourth-order valence-electron chi connectivity index (χ4n) is 1.76. The second-order valence-electron chi connectivity index (χ2n) is 5.06. The number of hydrogen-bond acceptors (Lipinski definition) is 6. The van der Waals surface area contributed by atoms with Crippen LogP contribution >= 0.6 is 35.5 Å². The molecule has 2 rings (SSSR count). The highest BCUT2D eigenvalue weighted by Crippen LogP contribution is 2.29. The van der Waals surface area contributed by atoms with Gasteiger partial charge in [-0.25, -0.2) is 0 Å². The first-order chi connectivity index (χ1) is 10.0. The molecule has 2 aromatic rings. The number of nitrogens with one attached hydrogen (secondary N) is 1. The molecule has 3 N–H and O–H groups in total. The molecule has 0 radical (unpaired) electrons. The average molecular weight is 359 g/mol. The second-order valence-corrected chi connectivity index (χ2v) is 7.21. The maximum absolute atomic E-state index is 11.9. The molecule has 1 amide bonds. The summed E-state index contributed by atoms with van der Waals surface area (Å²) in [6, 6.07) is 7.14. The Morgan fingerprint density at radius 1 is 1.36 bits per heavy atom. The normalized spacial score (nSPS) is 11.8. The van der Waals surface area contributed by atoms with Crippen LogP contribution < -0.4 is 11.1 Å². The molecule has 0 fully saturated rings. The molecule has 8 heteroatoms. The van der Waals surface area contributed by atoms with Gasteiger partial charge in [-0.2, -0.15) is 0 Å². The fourth-order valence-corrected chi connectivity index (χ4v) is 3.22. The number of halogens is 1. The van der Waals surface area contributed by atoms with Crippen molar-refractivity contribution in [3.05, 3.63) is 29.8 Å². The van der Waals surface area contributed by atoms with Gasteiger partial charge in [0.15, 0.2) is 4.34 Å². The number of nitrogens with two attached hydrogens (primary N) is 1. The summed E-state index contributed by atoms with van der Waals surface area (Å²) < 4.78 is 0.894. The van der Waals surface area contributed by atoms with Crippen molar-refractivity contribution in [1.29, 1.82) is 0 Å². The van der Waals surface area contributed by atoms with Crippen LogP contribution in [0.1, 0.15) is 20.3 Å². The van der Waals surface area contributed by atoms with E-state index < -0.39 is 6.04 Å². The third-order valence-electron chi connectivity index (χ3n) is 2.73. The number of benzene rings is 1. The Labute approximate surface area is 144 Å². The maximum atomic E-state index is 11.9. The molecular weight excluding hydrogens is 340 g/mol. The Morgan fingerprint density at radius 2 is 2.05 bits per heavy atom. The fraction of sp³-hybridized carbons (Fsp3) is 0.357. The lowest BCUT2D eigenvalue weighted by atomic mass is 10.0. The zero-order valence-electron chi connectivity index (χ0n) is 12.4. The number of anilines is 1. The predicted octanol–water partition coefficient (Wildman–Crippen LogP) is 3.42. The first-order valence-corrected chi connectivity index (χ1v) is 8.34. The van der Waals surface area contributed by atoms with Gasteiger partial charge in [0.25, 0.3) is 0 Å². The molecule has 0 aliphatic rings. The summed E-state index contributed by atoms with van der Waals surface area (Å²) in [5.74, 6) is 0.254. The van der Waals surface area contributed by atoms with Gasteiger partial charge < -0.3 is 11.1 Å². The average Bonchev–Trinajstić information content (AvgIpc) is 2.93. The molecule has 1 aromatic carbocycles. The smallest absolute Gasteiger partial charge is 0.241 e. The Kier molecular flexibility index (Phi) is 7.81. The van der Waals surface area contributed by atoms with E-state index >= 15 is 0 Å². The van der Waals surface area contributed by atoms with Crippen LogP contribution in [0.25, 0.3) is 0 Å². The van der Waals surface area contributed by atoms with Crippen molar-refractivity contribution in [2.45, 2.75) is 35.5 Å². The van der Waals surface area contributed by atoms with E-state index in [1.165, 1.54) is 11.3 Å². The maximum Gasteiger partial charge on any atom is 0.241 e. The molecule has 1 heterocycles. The van der Waals surface area contributed by atoms with Crippen LogP contribution in [-0.4, -0.2) is 22.1 Å². The quantitative estimate of drug-likeness (QED) is 0.826. The summed E-state index contributed by atoms with van der Waals surface area (Å²) in [4.78, 5) is 13.0. The summed E-state index contributed by atoms with van der Waals surface area (Å²) in [6.07, 6.45) is 0.677. The van der Waals surface area contributed by atoms with E-state index in [4.69, 9.17) is 5.73 Å². The van der Waals surface area contributed by atoms with Crippen LogP contribution in [0.5, 0.6) is 0 Å². The molecule has 1 aromatic heterocycles. The molecule has 5 nitrogen and oxygen atoms in total. The summed E-state index contributed by atoms with van der Waals surface area (Å²) in [7, 11) is 0. The van der Waals surface area contributed by atoms with E-state index in [1.807, 2.05) is 38.1 Å². The van der Waals surface area contributed by atoms with Crippen LogP contribution in [0.3, 0.4) is 0 Å². The van der Waals surface area contributed by atoms with Gasteiger partial charge in [0, 0.05) is 10.6 Å². The third-order valence-corrected chi connectivity index (χ3v) is 4.51. The molecule has 0 saturated heterocycles. The molecule has 0 aliphatic carbocycles. The minimum atomic E-state index is -0.472. The van der Waals surface area contributed by atoms with Gasteiger partial charge >= 0.3 is 0 Å². The minimum Gasteiger partial charge on any atom is -0.325 e. The van der Waals surface area contributed by atoms with Gasteiger partial charge in [0.1, 0.15) is 5.51 Å². The van der Waals surface area contributed by atoms with Crippen molar-refractivity contribution in [1.82, 2.24) is 10.2 Å². The van der Waals surface area contributed by atoms with Crippen molar-refractivity contribution in [3.8, 4) is 0 Å². The molecule has 0 spiro atoms. The highest BCUT2D eigenvalue weighted by Gasteiger charge is 2.14. The summed E-state index contributed by atoms with van der Waals surface area (Å²) >= 11 is 3.04. The Bertz CT molecular complexity index is 575. The van der Waals surface area contributed by atoms with Crippen molar-refractivity contribution in [3.63, 3.8) is 0 Å².